The van der Waals surface area contributed by atoms with E-state index in [0.717, 1.165) is 4.47 Å². The predicted octanol–water partition coefficient (Wildman–Crippen LogP) is 2.29. The van der Waals surface area contributed by atoms with Crippen molar-refractivity contribution in [2.75, 3.05) is 13.1 Å². The summed E-state index contributed by atoms with van der Waals surface area (Å²) in [5.41, 5.74) is 6.15. The average molecular weight is 328 g/mol. The van der Waals surface area contributed by atoms with Gasteiger partial charge in [0.1, 0.15) is 5.84 Å². The van der Waals surface area contributed by atoms with Crippen molar-refractivity contribution in [2.45, 2.75) is 13.8 Å². The Hall–Kier alpha value is -1.56. The van der Waals surface area contributed by atoms with Gasteiger partial charge in [0.2, 0.25) is 0 Å². The number of carbonyl (C=O) groups is 1. The van der Waals surface area contributed by atoms with E-state index in [9.17, 15) is 4.79 Å². The highest BCUT2D eigenvalue weighted by Crippen LogP contribution is 2.14. The van der Waals surface area contributed by atoms with Gasteiger partial charge in [0.25, 0.3) is 5.91 Å². The molecule has 0 aromatic heterocycles. The SMILES string of the molecule is CCN(CC(C)C(N)=NO)C(=O)c1cccc(Br)c1. The fraction of sp³-hybridized carbons (Fsp3) is 0.385. The maximum atomic E-state index is 12.3. The monoisotopic (exact) mass is 327 g/mol. The zero-order valence-electron chi connectivity index (χ0n) is 11.0. The van der Waals surface area contributed by atoms with E-state index >= 15 is 0 Å². The van der Waals surface area contributed by atoms with Gasteiger partial charge in [0, 0.05) is 29.0 Å². The van der Waals surface area contributed by atoms with Gasteiger partial charge in [-0.2, -0.15) is 0 Å². The molecule has 1 unspecified atom stereocenters. The van der Waals surface area contributed by atoms with Crippen LogP contribution >= 0.6 is 15.9 Å². The highest BCUT2D eigenvalue weighted by molar-refractivity contribution is 9.10. The van der Waals surface area contributed by atoms with Crippen LogP contribution < -0.4 is 5.73 Å². The molecule has 0 aliphatic heterocycles. The number of nitrogens with two attached hydrogens (primary N) is 1. The zero-order valence-corrected chi connectivity index (χ0v) is 12.6. The number of amides is 1. The van der Waals surface area contributed by atoms with Crippen molar-refractivity contribution in [1.82, 2.24) is 4.90 Å². The molecular weight excluding hydrogens is 310 g/mol. The Balaban J connectivity index is 2.83. The standard InChI is InChI=1S/C13H18BrN3O2/c1-3-17(8-9(2)12(15)16-19)13(18)10-5-4-6-11(14)7-10/h4-7,9,19H,3,8H2,1-2H3,(H2,15,16). The third-order valence-corrected chi connectivity index (χ3v) is 3.35. The lowest BCUT2D eigenvalue weighted by atomic mass is 10.1. The van der Waals surface area contributed by atoms with Crippen molar-refractivity contribution in [2.24, 2.45) is 16.8 Å². The second-order valence-electron chi connectivity index (χ2n) is 4.28. The Kier molecular flexibility index (Phi) is 5.82. The van der Waals surface area contributed by atoms with E-state index in [1.807, 2.05) is 26.0 Å². The van der Waals surface area contributed by atoms with Crippen LogP contribution in [-0.2, 0) is 0 Å². The van der Waals surface area contributed by atoms with E-state index in [-0.39, 0.29) is 17.7 Å². The first-order valence-corrected chi connectivity index (χ1v) is 6.81. The van der Waals surface area contributed by atoms with Crippen LogP contribution in [0.15, 0.2) is 33.9 Å². The number of carbonyl (C=O) groups excluding carboxylic acids is 1. The van der Waals surface area contributed by atoms with Crippen LogP contribution in [0.5, 0.6) is 0 Å². The molecule has 0 spiro atoms. The molecule has 0 saturated carbocycles. The van der Waals surface area contributed by atoms with Crippen LogP contribution in [0.3, 0.4) is 0 Å². The summed E-state index contributed by atoms with van der Waals surface area (Å²) in [5.74, 6) is -0.136. The number of oxime groups is 1. The van der Waals surface area contributed by atoms with Crippen LogP contribution in [0.25, 0.3) is 0 Å². The molecule has 0 aliphatic rings. The van der Waals surface area contributed by atoms with Crippen LogP contribution in [0.1, 0.15) is 24.2 Å². The van der Waals surface area contributed by atoms with Gasteiger partial charge in [-0.25, -0.2) is 0 Å². The van der Waals surface area contributed by atoms with Crippen molar-refractivity contribution < 1.29 is 10.0 Å². The summed E-state index contributed by atoms with van der Waals surface area (Å²) < 4.78 is 0.860. The molecule has 0 saturated heterocycles. The first kappa shape index (κ1) is 15.5. The largest absolute Gasteiger partial charge is 0.409 e. The lowest BCUT2D eigenvalue weighted by Crippen LogP contribution is -2.38. The molecule has 1 amide bonds. The number of halogens is 1. The second kappa shape index (κ2) is 7.13. The maximum Gasteiger partial charge on any atom is 0.253 e. The molecule has 0 radical (unpaired) electrons. The van der Waals surface area contributed by atoms with Crippen molar-refractivity contribution in [3.8, 4) is 0 Å². The molecule has 104 valence electrons. The Bertz CT molecular complexity index is 477. The average Bonchev–Trinajstić information content (AvgIpc) is 2.42. The van der Waals surface area contributed by atoms with E-state index in [1.54, 1.807) is 17.0 Å². The van der Waals surface area contributed by atoms with Gasteiger partial charge in [-0.1, -0.05) is 34.1 Å². The summed E-state index contributed by atoms with van der Waals surface area (Å²) in [4.78, 5) is 14.0. The quantitative estimate of drug-likeness (QED) is 0.377. The van der Waals surface area contributed by atoms with Crippen molar-refractivity contribution in [1.29, 1.82) is 0 Å². The van der Waals surface area contributed by atoms with E-state index in [2.05, 4.69) is 21.1 Å². The zero-order chi connectivity index (χ0) is 14.4. The number of hydrogen-bond donors (Lipinski definition) is 2. The fourth-order valence-electron chi connectivity index (χ4n) is 1.68. The topological polar surface area (TPSA) is 78.9 Å². The summed E-state index contributed by atoms with van der Waals surface area (Å²) in [6, 6.07) is 7.23. The van der Waals surface area contributed by atoms with Crippen LogP contribution in [-0.4, -0.2) is 34.9 Å². The number of benzene rings is 1. The van der Waals surface area contributed by atoms with Crippen LogP contribution in [0.4, 0.5) is 0 Å². The predicted molar refractivity (Wildman–Crippen MR) is 78.3 cm³/mol. The molecule has 1 rings (SSSR count). The minimum atomic E-state index is -0.193. The van der Waals surface area contributed by atoms with Crippen LogP contribution in [0, 0.1) is 5.92 Å². The third-order valence-electron chi connectivity index (χ3n) is 2.86. The molecule has 0 aliphatic carbocycles. The minimum Gasteiger partial charge on any atom is -0.409 e. The second-order valence-corrected chi connectivity index (χ2v) is 5.20. The van der Waals surface area contributed by atoms with Crippen molar-refractivity contribution >= 4 is 27.7 Å². The summed E-state index contributed by atoms with van der Waals surface area (Å²) >= 11 is 3.34. The Morgan fingerprint density at radius 2 is 2.26 bits per heavy atom. The van der Waals surface area contributed by atoms with Crippen molar-refractivity contribution in [3.63, 3.8) is 0 Å². The highest BCUT2D eigenvalue weighted by atomic mass is 79.9. The lowest BCUT2D eigenvalue weighted by Gasteiger charge is -2.24. The van der Waals surface area contributed by atoms with Crippen LogP contribution in [0.2, 0.25) is 0 Å². The molecule has 5 nitrogen and oxygen atoms in total. The Labute approximate surface area is 121 Å². The van der Waals surface area contributed by atoms with E-state index in [1.165, 1.54) is 0 Å². The summed E-state index contributed by atoms with van der Waals surface area (Å²) in [7, 11) is 0. The molecule has 1 aromatic rings. The van der Waals surface area contributed by atoms with Crippen molar-refractivity contribution in [3.05, 3.63) is 34.3 Å². The number of amidine groups is 1. The summed E-state index contributed by atoms with van der Waals surface area (Å²) in [5, 5.41) is 11.6. The van der Waals surface area contributed by atoms with E-state index < -0.39 is 0 Å². The Morgan fingerprint density at radius 3 is 2.79 bits per heavy atom. The minimum absolute atomic E-state index is 0.0682. The molecule has 0 fully saturated rings. The molecule has 0 bridgehead atoms. The third kappa shape index (κ3) is 4.24. The fourth-order valence-corrected chi connectivity index (χ4v) is 2.08. The first-order valence-electron chi connectivity index (χ1n) is 6.01. The van der Waals surface area contributed by atoms with E-state index in [0.29, 0.717) is 18.7 Å². The molecule has 0 heterocycles. The number of nitrogens with zero attached hydrogens (tertiary/aromatic N) is 2. The van der Waals surface area contributed by atoms with Gasteiger partial charge in [-0.05, 0) is 25.1 Å². The molecule has 1 aromatic carbocycles. The Morgan fingerprint density at radius 1 is 1.58 bits per heavy atom. The summed E-state index contributed by atoms with van der Waals surface area (Å²) in [6.07, 6.45) is 0. The lowest BCUT2D eigenvalue weighted by molar-refractivity contribution is 0.0753. The number of rotatable bonds is 5. The molecule has 3 N–H and O–H groups in total. The molecule has 1 atom stereocenters. The molecule has 6 heteroatoms. The van der Waals surface area contributed by atoms with Gasteiger partial charge >= 0.3 is 0 Å². The van der Waals surface area contributed by atoms with E-state index in [4.69, 9.17) is 10.9 Å². The van der Waals surface area contributed by atoms with Gasteiger partial charge in [-0.3, -0.25) is 4.79 Å². The maximum absolute atomic E-state index is 12.3. The van der Waals surface area contributed by atoms with Gasteiger partial charge in [-0.15, -0.1) is 0 Å². The normalized spacial score (nSPS) is 13.1. The summed E-state index contributed by atoms with van der Waals surface area (Å²) in [6.45, 7) is 4.69. The smallest absolute Gasteiger partial charge is 0.253 e. The molecule has 19 heavy (non-hydrogen) atoms. The molecular formula is C13H18BrN3O2. The first-order chi connectivity index (χ1) is 8.99. The van der Waals surface area contributed by atoms with Gasteiger partial charge in [0.05, 0.1) is 0 Å². The van der Waals surface area contributed by atoms with Gasteiger partial charge in [0.15, 0.2) is 0 Å². The highest BCUT2D eigenvalue weighted by Gasteiger charge is 2.18. The number of hydrogen-bond acceptors (Lipinski definition) is 3. The van der Waals surface area contributed by atoms with Gasteiger partial charge < -0.3 is 15.8 Å².